The van der Waals surface area contributed by atoms with Gasteiger partial charge < -0.3 is 10.2 Å². The first-order chi connectivity index (χ1) is 10.4. The van der Waals surface area contributed by atoms with Gasteiger partial charge >= 0.3 is 0 Å². The van der Waals surface area contributed by atoms with Crippen LogP contribution in [0.25, 0.3) is 0 Å². The van der Waals surface area contributed by atoms with Gasteiger partial charge in [-0.15, -0.1) is 0 Å². The highest BCUT2D eigenvalue weighted by Gasteiger charge is 2.31. The Morgan fingerprint density at radius 1 is 1.14 bits per heavy atom. The Kier molecular flexibility index (Phi) is 4.20. The van der Waals surface area contributed by atoms with Crippen LogP contribution in [0.3, 0.4) is 0 Å². The fourth-order valence-corrected chi connectivity index (χ4v) is 3.92. The topological polar surface area (TPSA) is 69.7 Å². The smallest absolute Gasteiger partial charge is 0.240 e. The number of nitrogens with one attached hydrogen (secondary N) is 1. The van der Waals surface area contributed by atoms with Crippen LogP contribution in [0.5, 0.6) is 0 Å². The molecule has 120 valence electrons. The zero-order valence-electron chi connectivity index (χ0n) is 12.7. The molecule has 0 spiro atoms. The van der Waals surface area contributed by atoms with Crippen LogP contribution in [0.1, 0.15) is 11.1 Å². The minimum Gasteiger partial charge on any atom is -0.339 e. The van der Waals surface area contributed by atoms with E-state index < -0.39 is 10.0 Å². The van der Waals surface area contributed by atoms with E-state index in [1.165, 1.54) is 21.7 Å². The Hall–Kier alpha value is -1.44. The summed E-state index contributed by atoms with van der Waals surface area (Å²) in [6, 6.07) is 7.94. The van der Waals surface area contributed by atoms with Crippen LogP contribution in [-0.2, 0) is 27.8 Å². The maximum atomic E-state index is 12.6. The minimum absolute atomic E-state index is 0.0719. The molecule has 1 N–H and O–H groups in total. The summed E-state index contributed by atoms with van der Waals surface area (Å²) >= 11 is 0. The van der Waals surface area contributed by atoms with E-state index in [-0.39, 0.29) is 11.9 Å². The van der Waals surface area contributed by atoms with Crippen molar-refractivity contribution in [3.63, 3.8) is 0 Å². The van der Waals surface area contributed by atoms with Crippen molar-refractivity contribution in [2.45, 2.75) is 19.0 Å². The molecule has 0 saturated carbocycles. The first kappa shape index (κ1) is 15.5. The van der Waals surface area contributed by atoms with E-state index in [1.807, 2.05) is 12.1 Å². The summed E-state index contributed by atoms with van der Waals surface area (Å²) in [4.78, 5) is 14.4. The van der Waals surface area contributed by atoms with Gasteiger partial charge in [0.05, 0.1) is 12.3 Å². The van der Waals surface area contributed by atoms with E-state index in [2.05, 4.69) is 17.4 Å². The van der Waals surface area contributed by atoms with Crippen LogP contribution < -0.4 is 5.32 Å². The number of sulfonamides is 1. The number of rotatable bonds is 2. The molecule has 1 aromatic rings. The number of amides is 1. The molecule has 1 atom stereocenters. The second kappa shape index (κ2) is 5.98. The van der Waals surface area contributed by atoms with Crippen molar-refractivity contribution in [1.29, 1.82) is 0 Å². The highest BCUT2D eigenvalue weighted by molar-refractivity contribution is 7.88. The molecule has 1 aromatic carbocycles. The first-order valence-corrected chi connectivity index (χ1v) is 9.34. The van der Waals surface area contributed by atoms with Crippen molar-refractivity contribution in [3.8, 4) is 0 Å². The number of fused-ring (bicyclic) bond motifs is 1. The zero-order chi connectivity index (χ0) is 15.7. The van der Waals surface area contributed by atoms with Crippen LogP contribution in [0.2, 0.25) is 0 Å². The molecule has 0 aromatic heterocycles. The van der Waals surface area contributed by atoms with Gasteiger partial charge in [0.25, 0.3) is 0 Å². The third-order valence-corrected chi connectivity index (χ3v) is 5.70. The van der Waals surface area contributed by atoms with E-state index in [1.54, 1.807) is 4.90 Å². The first-order valence-electron chi connectivity index (χ1n) is 7.49. The normalized spacial score (nSPS) is 23.1. The maximum absolute atomic E-state index is 12.6. The molecular formula is C15H21N3O3S. The standard InChI is InChI=1S/C15H21N3O3S/c1-22(20,21)18-8-6-17(7-9-18)15(19)14-10-12-4-2-3-5-13(12)11-16-14/h2-5,14,16H,6-11H2,1H3. The second-order valence-electron chi connectivity index (χ2n) is 5.89. The predicted molar refractivity (Wildman–Crippen MR) is 83.8 cm³/mol. The average Bonchev–Trinajstić information content (AvgIpc) is 2.53. The molecular weight excluding hydrogens is 302 g/mol. The lowest BCUT2D eigenvalue weighted by molar-refractivity contribution is -0.134. The molecule has 1 unspecified atom stereocenters. The molecule has 1 amide bonds. The van der Waals surface area contributed by atoms with Gasteiger partial charge in [-0.25, -0.2) is 8.42 Å². The fraction of sp³-hybridized carbons (Fsp3) is 0.533. The molecule has 7 heteroatoms. The van der Waals surface area contributed by atoms with Crippen molar-refractivity contribution in [2.24, 2.45) is 0 Å². The van der Waals surface area contributed by atoms with Gasteiger partial charge in [-0.05, 0) is 17.5 Å². The van der Waals surface area contributed by atoms with Crippen molar-refractivity contribution < 1.29 is 13.2 Å². The molecule has 0 aliphatic carbocycles. The zero-order valence-corrected chi connectivity index (χ0v) is 13.5. The van der Waals surface area contributed by atoms with E-state index in [0.717, 1.165) is 0 Å². The number of piperazine rings is 1. The maximum Gasteiger partial charge on any atom is 0.240 e. The van der Waals surface area contributed by atoms with Crippen LogP contribution >= 0.6 is 0 Å². The van der Waals surface area contributed by atoms with E-state index in [9.17, 15) is 13.2 Å². The molecule has 22 heavy (non-hydrogen) atoms. The number of benzene rings is 1. The van der Waals surface area contributed by atoms with Crippen LogP contribution in [0.15, 0.2) is 24.3 Å². The largest absolute Gasteiger partial charge is 0.339 e. The summed E-state index contributed by atoms with van der Waals surface area (Å²) < 4.78 is 24.5. The highest BCUT2D eigenvalue weighted by atomic mass is 32.2. The van der Waals surface area contributed by atoms with Gasteiger partial charge in [0.15, 0.2) is 0 Å². The number of carbonyl (C=O) groups excluding carboxylic acids is 1. The lowest BCUT2D eigenvalue weighted by Crippen LogP contribution is -2.56. The highest BCUT2D eigenvalue weighted by Crippen LogP contribution is 2.18. The third kappa shape index (κ3) is 3.16. The Morgan fingerprint density at radius 2 is 1.77 bits per heavy atom. The molecule has 2 aliphatic rings. The Morgan fingerprint density at radius 3 is 2.41 bits per heavy atom. The predicted octanol–water partition coefficient (Wildman–Crippen LogP) is -0.195. The van der Waals surface area contributed by atoms with Gasteiger partial charge in [0.1, 0.15) is 0 Å². The minimum atomic E-state index is -3.16. The summed E-state index contributed by atoms with van der Waals surface area (Å²) in [6.07, 6.45) is 1.91. The van der Waals surface area contributed by atoms with Crippen molar-refractivity contribution >= 4 is 15.9 Å². The van der Waals surface area contributed by atoms with Gasteiger partial charge in [0, 0.05) is 32.7 Å². The summed E-state index contributed by atoms with van der Waals surface area (Å²) in [6.45, 7) is 2.40. The fourth-order valence-electron chi connectivity index (χ4n) is 3.09. The Balaban J connectivity index is 1.62. The molecule has 3 rings (SSSR count). The molecule has 1 fully saturated rings. The Bertz CT molecular complexity index is 666. The number of nitrogens with zero attached hydrogens (tertiary/aromatic N) is 2. The number of carbonyl (C=O) groups is 1. The van der Waals surface area contributed by atoms with Crippen LogP contribution in [0, 0.1) is 0 Å². The van der Waals surface area contributed by atoms with Crippen LogP contribution in [-0.4, -0.2) is 62.0 Å². The summed E-state index contributed by atoms with van der Waals surface area (Å²) in [5.41, 5.74) is 2.46. The van der Waals surface area contributed by atoms with Gasteiger partial charge in [-0.3, -0.25) is 4.79 Å². The number of hydrogen-bond acceptors (Lipinski definition) is 4. The van der Waals surface area contributed by atoms with Crippen molar-refractivity contribution in [1.82, 2.24) is 14.5 Å². The summed E-state index contributed by atoms with van der Waals surface area (Å²) in [5, 5.41) is 3.29. The lowest BCUT2D eigenvalue weighted by Gasteiger charge is -2.36. The van der Waals surface area contributed by atoms with E-state index in [0.29, 0.717) is 39.1 Å². The number of hydrogen-bond donors (Lipinski definition) is 1. The molecule has 1 saturated heterocycles. The molecule has 2 aliphatic heterocycles. The Labute approximate surface area is 131 Å². The molecule has 6 nitrogen and oxygen atoms in total. The van der Waals surface area contributed by atoms with Gasteiger partial charge in [-0.2, -0.15) is 4.31 Å². The molecule has 2 heterocycles. The second-order valence-corrected chi connectivity index (χ2v) is 7.88. The van der Waals surface area contributed by atoms with Crippen molar-refractivity contribution in [2.75, 3.05) is 32.4 Å². The summed E-state index contributed by atoms with van der Waals surface area (Å²) in [5.74, 6) is 0.0719. The monoisotopic (exact) mass is 323 g/mol. The average molecular weight is 323 g/mol. The molecule has 0 bridgehead atoms. The van der Waals surface area contributed by atoms with Gasteiger partial charge in [0.2, 0.25) is 15.9 Å². The SMILES string of the molecule is CS(=O)(=O)N1CCN(C(=O)C2Cc3ccccc3CN2)CC1. The quantitative estimate of drug-likeness (QED) is 0.819. The van der Waals surface area contributed by atoms with Crippen LogP contribution in [0.4, 0.5) is 0 Å². The third-order valence-electron chi connectivity index (χ3n) is 4.40. The van der Waals surface area contributed by atoms with Crippen molar-refractivity contribution in [3.05, 3.63) is 35.4 Å². The lowest BCUT2D eigenvalue weighted by atomic mass is 9.95. The van der Waals surface area contributed by atoms with E-state index >= 15 is 0 Å². The van der Waals surface area contributed by atoms with E-state index in [4.69, 9.17) is 0 Å². The van der Waals surface area contributed by atoms with Gasteiger partial charge in [-0.1, -0.05) is 24.3 Å². The summed E-state index contributed by atoms with van der Waals surface area (Å²) in [7, 11) is -3.16. The molecule has 0 radical (unpaired) electrons.